The second-order valence-electron chi connectivity index (χ2n) is 4.63. The summed E-state index contributed by atoms with van der Waals surface area (Å²) in [5, 5.41) is 13.3. The molecule has 0 amide bonds. The average molecular weight is 304 g/mol. The van der Waals surface area contributed by atoms with Crippen molar-refractivity contribution in [2.45, 2.75) is 32.3 Å². The van der Waals surface area contributed by atoms with Crippen molar-refractivity contribution in [3.05, 3.63) is 34.1 Å². The van der Waals surface area contributed by atoms with Gasteiger partial charge in [-0.25, -0.2) is 4.39 Å². The molecule has 1 unspecified atom stereocenters. The molecule has 96 valence electrons. The van der Waals surface area contributed by atoms with E-state index in [9.17, 15) is 9.50 Å². The van der Waals surface area contributed by atoms with E-state index < -0.39 is 5.60 Å². The van der Waals surface area contributed by atoms with Crippen molar-refractivity contribution in [3.8, 4) is 0 Å². The molecule has 0 fully saturated rings. The van der Waals surface area contributed by atoms with Gasteiger partial charge in [-0.1, -0.05) is 22.9 Å². The Hall–Kier alpha value is -0.450. The van der Waals surface area contributed by atoms with Crippen molar-refractivity contribution in [3.63, 3.8) is 0 Å². The zero-order chi connectivity index (χ0) is 12.9. The average Bonchev–Trinajstić information content (AvgIpc) is 2.14. The van der Waals surface area contributed by atoms with Crippen LogP contribution in [0.2, 0.25) is 0 Å². The zero-order valence-electron chi connectivity index (χ0n) is 10.3. The zero-order valence-corrected chi connectivity index (χ0v) is 11.8. The molecule has 1 aromatic carbocycles. The van der Waals surface area contributed by atoms with Gasteiger partial charge in [0, 0.05) is 17.4 Å². The lowest BCUT2D eigenvalue weighted by Gasteiger charge is -2.24. The summed E-state index contributed by atoms with van der Waals surface area (Å²) in [5.74, 6) is -0.285. The number of hydrogen-bond donors (Lipinski definition) is 2. The van der Waals surface area contributed by atoms with Crippen molar-refractivity contribution in [1.29, 1.82) is 0 Å². The molecule has 0 radical (unpaired) electrons. The van der Waals surface area contributed by atoms with E-state index in [1.165, 1.54) is 12.1 Å². The van der Waals surface area contributed by atoms with Gasteiger partial charge in [0.05, 0.1) is 5.60 Å². The molecule has 0 aliphatic carbocycles. The summed E-state index contributed by atoms with van der Waals surface area (Å²) in [4.78, 5) is 0. The summed E-state index contributed by atoms with van der Waals surface area (Å²) in [6.07, 6.45) is 1.46. The van der Waals surface area contributed by atoms with Gasteiger partial charge >= 0.3 is 0 Å². The molecular formula is C13H19BrFNO. The molecule has 2 nitrogen and oxygen atoms in total. The monoisotopic (exact) mass is 303 g/mol. The Bertz CT molecular complexity index is 348. The second-order valence-corrected chi connectivity index (χ2v) is 5.54. The molecule has 0 aliphatic heterocycles. The van der Waals surface area contributed by atoms with Gasteiger partial charge in [-0.15, -0.1) is 0 Å². The first-order chi connectivity index (χ1) is 7.93. The van der Waals surface area contributed by atoms with E-state index in [0.717, 1.165) is 18.5 Å². The lowest BCUT2D eigenvalue weighted by Crippen LogP contribution is -2.40. The van der Waals surface area contributed by atoms with Crippen molar-refractivity contribution >= 4 is 15.9 Å². The molecule has 0 aliphatic rings. The van der Waals surface area contributed by atoms with Crippen LogP contribution < -0.4 is 5.32 Å². The molecule has 4 heteroatoms. The summed E-state index contributed by atoms with van der Waals surface area (Å²) in [6, 6.07) is 4.70. The lowest BCUT2D eigenvalue weighted by molar-refractivity contribution is 0.0603. The van der Waals surface area contributed by atoms with Crippen LogP contribution in [0.15, 0.2) is 22.7 Å². The highest BCUT2D eigenvalue weighted by atomic mass is 79.9. The predicted molar refractivity (Wildman–Crippen MR) is 71.6 cm³/mol. The molecule has 17 heavy (non-hydrogen) atoms. The summed E-state index contributed by atoms with van der Waals surface area (Å²) >= 11 is 3.25. The fourth-order valence-corrected chi connectivity index (χ4v) is 2.26. The first-order valence-electron chi connectivity index (χ1n) is 5.81. The summed E-state index contributed by atoms with van der Waals surface area (Å²) in [6.45, 7) is 5.22. The predicted octanol–water partition coefficient (Wildman–Crippen LogP) is 2.88. The van der Waals surface area contributed by atoms with Gasteiger partial charge in [0.15, 0.2) is 0 Å². The summed E-state index contributed by atoms with van der Waals surface area (Å²) < 4.78 is 13.9. The molecule has 0 spiro atoms. The van der Waals surface area contributed by atoms with Crippen LogP contribution in [0.3, 0.4) is 0 Å². The van der Waals surface area contributed by atoms with Crippen LogP contribution in [0.25, 0.3) is 0 Å². The Balaban J connectivity index is 2.62. The van der Waals surface area contributed by atoms with Gasteiger partial charge in [0.1, 0.15) is 5.82 Å². The van der Waals surface area contributed by atoms with Crippen LogP contribution in [-0.4, -0.2) is 23.8 Å². The fraction of sp³-hybridized carbons (Fsp3) is 0.538. The van der Waals surface area contributed by atoms with E-state index >= 15 is 0 Å². The van der Waals surface area contributed by atoms with Crippen LogP contribution >= 0.6 is 15.9 Å². The Labute approximate surface area is 110 Å². The van der Waals surface area contributed by atoms with E-state index in [0.29, 0.717) is 17.4 Å². The Morgan fingerprint density at radius 1 is 1.41 bits per heavy atom. The van der Waals surface area contributed by atoms with Gasteiger partial charge in [-0.2, -0.15) is 0 Å². The summed E-state index contributed by atoms with van der Waals surface area (Å²) in [7, 11) is 0. The molecule has 1 rings (SSSR count). The first-order valence-corrected chi connectivity index (χ1v) is 6.60. The third-order valence-electron chi connectivity index (χ3n) is 2.44. The number of halogens is 2. The minimum absolute atomic E-state index is 0.285. The molecule has 0 aromatic heterocycles. The fourth-order valence-electron chi connectivity index (χ4n) is 1.75. The molecule has 0 bridgehead atoms. The number of hydrogen-bond acceptors (Lipinski definition) is 2. The number of aliphatic hydroxyl groups is 1. The highest BCUT2D eigenvalue weighted by Gasteiger charge is 2.20. The van der Waals surface area contributed by atoms with E-state index in [4.69, 9.17) is 0 Å². The quantitative estimate of drug-likeness (QED) is 0.792. The maximum absolute atomic E-state index is 13.2. The molecule has 1 aromatic rings. The van der Waals surface area contributed by atoms with Crippen LogP contribution in [-0.2, 0) is 6.42 Å². The van der Waals surface area contributed by atoms with Crippen molar-refractivity contribution < 1.29 is 9.50 Å². The summed E-state index contributed by atoms with van der Waals surface area (Å²) in [5.41, 5.74) is -0.0669. The van der Waals surface area contributed by atoms with Crippen molar-refractivity contribution in [2.24, 2.45) is 0 Å². The maximum Gasteiger partial charge on any atom is 0.124 e. The van der Waals surface area contributed by atoms with Gasteiger partial charge in [0.2, 0.25) is 0 Å². The number of nitrogens with one attached hydrogen (secondary N) is 1. The molecule has 0 saturated heterocycles. The minimum Gasteiger partial charge on any atom is -0.389 e. The SMILES string of the molecule is CCCNCC(C)(O)Cc1cc(F)cc(Br)c1. The number of benzene rings is 1. The third kappa shape index (κ3) is 5.61. The largest absolute Gasteiger partial charge is 0.389 e. The van der Waals surface area contributed by atoms with Gasteiger partial charge < -0.3 is 10.4 Å². The normalized spacial score (nSPS) is 14.6. The maximum atomic E-state index is 13.2. The Morgan fingerprint density at radius 2 is 2.12 bits per heavy atom. The van der Waals surface area contributed by atoms with Crippen molar-refractivity contribution in [2.75, 3.05) is 13.1 Å². The Morgan fingerprint density at radius 3 is 2.71 bits per heavy atom. The van der Waals surface area contributed by atoms with E-state index in [-0.39, 0.29) is 5.82 Å². The first kappa shape index (κ1) is 14.6. The van der Waals surface area contributed by atoms with Crippen LogP contribution in [0, 0.1) is 5.82 Å². The molecule has 0 saturated carbocycles. The van der Waals surface area contributed by atoms with E-state index in [1.54, 1.807) is 6.92 Å². The lowest BCUT2D eigenvalue weighted by atomic mass is 9.96. The third-order valence-corrected chi connectivity index (χ3v) is 2.90. The van der Waals surface area contributed by atoms with Crippen LogP contribution in [0.1, 0.15) is 25.8 Å². The number of rotatable bonds is 6. The smallest absolute Gasteiger partial charge is 0.124 e. The Kier molecular flexibility index (Phi) is 5.56. The highest BCUT2D eigenvalue weighted by Crippen LogP contribution is 2.19. The van der Waals surface area contributed by atoms with Gasteiger partial charge in [0.25, 0.3) is 0 Å². The van der Waals surface area contributed by atoms with E-state index in [2.05, 4.69) is 28.2 Å². The van der Waals surface area contributed by atoms with Crippen molar-refractivity contribution in [1.82, 2.24) is 5.32 Å². The highest BCUT2D eigenvalue weighted by molar-refractivity contribution is 9.10. The van der Waals surface area contributed by atoms with Gasteiger partial charge in [-0.05, 0) is 43.7 Å². The molecule has 2 N–H and O–H groups in total. The minimum atomic E-state index is -0.859. The topological polar surface area (TPSA) is 32.3 Å². The molecule has 1 atom stereocenters. The second kappa shape index (κ2) is 6.47. The van der Waals surface area contributed by atoms with E-state index in [1.807, 2.05) is 6.07 Å². The van der Waals surface area contributed by atoms with Crippen LogP contribution in [0.5, 0.6) is 0 Å². The molecule has 0 heterocycles. The van der Waals surface area contributed by atoms with Gasteiger partial charge in [-0.3, -0.25) is 0 Å². The standard InChI is InChI=1S/C13H19BrFNO/c1-3-4-16-9-13(2,17)8-10-5-11(14)7-12(15)6-10/h5-7,16-17H,3-4,8-9H2,1-2H3. The molecular weight excluding hydrogens is 285 g/mol. The van der Waals surface area contributed by atoms with Crippen LogP contribution in [0.4, 0.5) is 4.39 Å².